The van der Waals surface area contributed by atoms with Crippen LogP contribution in [-0.4, -0.2) is 9.97 Å². The minimum Gasteiger partial charge on any atom is -0.426 e. The standard InChI is InChI=1S/C14H9Cl2N3O2/c15-10-3-2-8(6-11(10)16)21-14-18-12-4-1-7(17)5-9(12)13(20)19-14/h1-6H,17H2,(H,18,19,20). The molecule has 0 aliphatic rings. The lowest BCUT2D eigenvalue weighted by Crippen LogP contribution is -2.09. The van der Waals surface area contributed by atoms with Crippen LogP contribution in [0.15, 0.2) is 41.2 Å². The molecule has 0 bridgehead atoms. The Morgan fingerprint density at radius 1 is 1.10 bits per heavy atom. The molecule has 0 radical (unpaired) electrons. The zero-order valence-corrected chi connectivity index (χ0v) is 12.1. The van der Waals surface area contributed by atoms with Gasteiger partial charge in [-0.05, 0) is 30.3 Å². The molecule has 21 heavy (non-hydrogen) atoms. The number of hydrogen-bond acceptors (Lipinski definition) is 4. The molecular weight excluding hydrogens is 313 g/mol. The third-order valence-corrected chi connectivity index (χ3v) is 3.55. The van der Waals surface area contributed by atoms with Crippen LogP contribution in [0, 0.1) is 0 Å². The first-order chi connectivity index (χ1) is 10.0. The number of nitrogen functional groups attached to an aromatic ring is 1. The number of halogens is 2. The van der Waals surface area contributed by atoms with Crippen LogP contribution in [-0.2, 0) is 0 Å². The van der Waals surface area contributed by atoms with Crippen molar-refractivity contribution in [2.45, 2.75) is 0 Å². The monoisotopic (exact) mass is 321 g/mol. The third-order valence-electron chi connectivity index (χ3n) is 2.81. The Morgan fingerprint density at radius 3 is 2.67 bits per heavy atom. The van der Waals surface area contributed by atoms with Crippen LogP contribution < -0.4 is 16.0 Å². The number of hydrogen-bond donors (Lipinski definition) is 2. The number of aromatic nitrogens is 2. The molecule has 0 saturated heterocycles. The van der Waals surface area contributed by atoms with Crippen LogP contribution in [0.25, 0.3) is 10.9 Å². The van der Waals surface area contributed by atoms with Crippen LogP contribution >= 0.6 is 23.2 Å². The SMILES string of the molecule is Nc1ccc2nc(Oc3ccc(Cl)c(Cl)c3)[nH]c(=O)c2c1. The van der Waals surface area contributed by atoms with Gasteiger partial charge in [0, 0.05) is 11.8 Å². The lowest BCUT2D eigenvalue weighted by atomic mass is 10.2. The fraction of sp³-hybridized carbons (Fsp3) is 0. The molecule has 3 rings (SSSR count). The van der Waals surface area contributed by atoms with Crippen LogP contribution in [0.1, 0.15) is 0 Å². The van der Waals surface area contributed by atoms with E-state index >= 15 is 0 Å². The second kappa shape index (κ2) is 5.27. The van der Waals surface area contributed by atoms with Crippen molar-refractivity contribution in [2.75, 3.05) is 5.73 Å². The van der Waals surface area contributed by atoms with Gasteiger partial charge in [0.05, 0.1) is 20.9 Å². The van der Waals surface area contributed by atoms with Crippen LogP contribution in [0.5, 0.6) is 11.8 Å². The summed E-state index contributed by atoms with van der Waals surface area (Å²) in [5.74, 6) is 0.419. The van der Waals surface area contributed by atoms with Gasteiger partial charge < -0.3 is 10.5 Å². The number of aromatic amines is 1. The number of ether oxygens (including phenoxy) is 1. The maximum atomic E-state index is 12.0. The molecule has 0 aliphatic carbocycles. The number of benzene rings is 2. The molecule has 0 fully saturated rings. The molecule has 5 nitrogen and oxygen atoms in total. The quantitative estimate of drug-likeness (QED) is 0.706. The molecule has 0 spiro atoms. The van der Waals surface area contributed by atoms with Crippen molar-refractivity contribution < 1.29 is 4.74 Å². The normalized spacial score (nSPS) is 10.8. The highest BCUT2D eigenvalue weighted by atomic mass is 35.5. The Hall–Kier alpha value is -2.24. The highest BCUT2D eigenvalue weighted by molar-refractivity contribution is 6.42. The molecule has 0 unspecified atom stereocenters. The number of anilines is 1. The number of nitrogens with one attached hydrogen (secondary N) is 1. The molecule has 106 valence electrons. The fourth-order valence-electron chi connectivity index (χ4n) is 1.84. The first kappa shape index (κ1) is 13.7. The van der Waals surface area contributed by atoms with Gasteiger partial charge >= 0.3 is 6.01 Å². The molecule has 1 aromatic heterocycles. The average Bonchev–Trinajstić information content (AvgIpc) is 2.44. The van der Waals surface area contributed by atoms with Crippen LogP contribution in [0.4, 0.5) is 5.69 Å². The van der Waals surface area contributed by atoms with E-state index in [2.05, 4.69) is 9.97 Å². The second-order valence-electron chi connectivity index (χ2n) is 4.33. The van der Waals surface area contributed by atoms with Crippen molar-refractivity contribution in [3.8, 4) is 11.8 Å². The lowest BCUT2D eigenvalue weighted by molar-refractivity contribution is 0.443. The van der Waals surface area contributed by atoms with Gasteiger partial charge in [0.2, 0.25) is 0 Å². The summed E-state index contributed by atoms with van der Waals surface area (Å²) >= 11 is 11.7. The molecule has 2 aromatic carbocycles. The van der Waals surface area contributed by atoms with Gasteiger partial charge in [0.15, 0.2) is 0 Å². The zero-order chi connectivity index (χ0) is 15.0. The number of nitrogens with zero attached hydrogens (tertiary/aromatic N) is 1. The van der Waals surface area contributed by atoms with Crippen molar-refractivity contribution in [1.82, 2.24) is 9.97 Å². The van der Waals surface area contributed by atoms with Gasteiger partial charge in [-0.25, -0.2) is 0 Å². The third kappa shape index (κ3) is 2.79. The highest BCUT2D eigenvalue weighted by Gasteiger charge is 2.07. The van der Waals surface area contributed by atoms with E-state index in [0.29, 0.717) is 32.4 Å². The first-order valence-electron chi connectivity index (χ1n) is 5.95. The summed E-state index contributed by atoms with van der Waals surface area (Å²) < 4.78 is 5.49. The molecule has 1 heterocycles. The smallest absolute Gasteiger partial charge is 0.302 e. The van der Waals surface area contributed by atoms with Gasteiger partial charge in [-0.2, -0.15) is 4.98 Å². The summed E-state index contributed by atoms with van der Waals surface area (Å²) in [6.45, 7) is 0. The van der Waals surface area contributed by atoms with Crippen LogP contribution in [0.3, 0.4) is 0 Å². The number of rotatable bonds is 2. The van der Waals surface area contributed by atoms with E-state index in [1.54, 1.807) is 30.3 Å². The molecule has 0 atom stereocenters. The minimum absolute atomic E-state index is 0.0654. The van der Waals surface area contributed by atoms with E-state index in [1.807, 2.05) is 0 Å². The van der Waals surface area contributed by atoms with Crippen LogP contribution in [0.2, 0.25) is 10.0 Å². The second-order valence-corrected chi connectivity index (χ2v) is 5.14. The van der Waals surface area contributed by atoms with Crippen molar-refractivity contribution in [1.29, 1.82) is 0 Å². The molecule has 3 aromatic rings. The van der Waals surface area contributed by atoms with E-state index in [1.165, 1.54) is 6.07 Å². The Kier molecular flexibility index (Phi) is 3.45. The van der Waals surface area contributed by atoms with E-state index < -0.39 is 0 Å². The van der Waals surface area contributed by atoms with E-state index in [9.17, 15) is 4.79 Å². The van der Waals surface area contributed by atoms with E-state index in [-0.39, 0.29) is 11.6 Å². The summed E-state index contributed by atoms with van der Waals surface area (Å²) in [5.41, 5.74) is 6.30. The zero-order valence-electron chi connectivity index (χ0n) is 10.6. The number of H-pyrrole nitrogens is 1. The van der Waals surface area contributed by atoms with Crippen molar-refractivity contribution in [3.05, 3.63) is 56.8 Å². The van der Waals surface area contributed by atoms with Gasteiger partial charge in [0.1, 0.15) is 5.75 Å². The van der Waals surface area contributed by atoms with Crippen molar-refractivity contribution in [2.24, 2.45) is 0 Å². The van der Waals surface area contributed by atoms with Gasteiger partial charge in [-0.1, -0.05) is 23.2 Å². The predicted molar refractivity (Wildman–Crippen MR) is 83.3 cm³/mol. The molecule has 0 aliphatic heterocycles. The number of fused-ring (bicyclic) bond motifs is 1. The summed E-state index contributed by atoms with van der Waals surface area (Å²) in [7, 11) is 0. The maximum absolute atomic E-state index is 12.0. The van der Waals surface area contributed by atoms with Gasteiger partial charge in [-0.3, -0.25) is 9.78 Å². The average molecular weight is 322 g/mol. The van der Waals surface area contributed by atoms with Gasteiger partial charge in [-0.15, -0.1) is 0 Å². The molecular formula is C14H9Cl2N3O2. The molecule has 7 heteroatoms. The summed E-state index contributed by atoms with van der Waals surface area (Å²) in [4.78, 5) is 18.7. The maximum Gasteiger partial charge on any atom is 0.302 e. The molecule has 0 saturated carbocycles. The predicted octanol–water partition coefficient (Wildman–Crippen LogP) is 3.60. The Bertz CT molecular complexity index is 893. The van der Waals surface area contributed by atoms with E-state index in [0.717, 1.165) is 0 Å². The van der Waals surface area contributed by atoms with E-state index in [4.69, 9.17) is 33.7 Å². The highest BCUT2D eigenvalue weighted by Crippen LogP contribution is 2.28. The topological polar surface area (TPSA) is 81.0 Å². The summed E-state index contributed by atoms with van der Waals surface area (Å²) in [6.07, 6.45) is 0. The Morgan fingerprint density at radius 2 is 1.90 bits per heavy atom. The van der Waals surface area contributed by atoms with Gasteiger partial charge in [0.25, 0.3) is 5.56 Å². The summed E-state index contributed by atoms with van der Waals surface area (Å²) in [6, 6.07) is 9.71. The fourth-order valence-corrected chi connectivity index (χ4v) is 2.12. The Balaban J connectivity index is 2.03. The van der Waals surface area contributed by atoms with Crippen molar-refractivity contribution in [3.63, 3.8) is 0 Å². The molecule has 3 N–H and O–H groups in total. The Labute approximate surface area is 129 Å². The first-order valence-corrected chi connectivity index (χ1v) is 6.71. The minimum atomic E-state index is -0.331. The largest absolute Gasteiger partial charge is 0.426 e. The number of nitrogens with two attached hydrogens (primary N) is 1. The summed E-state index contributed by atoms with van der Waals surface area (Å²) in [5, 5.41) is 1.17. The van der Waals surface area contributed by atoms with Crippen molar-refractivity contribution >= 4 is 39.8 Å². The molecule has 0 amide bonds. The lowest BCUT2D eigenvalue weighted by Gasteiger charge is -2.06.